The molecule has 134 valence electrons. The van der Waals surface area contributed by atoms with Gasteiger partial charge >= 0.3 is 0 Å². The quantitative estimate of drug-likeness (QED) is 0.785. The molecule has 2 aliphatic rings. The van der Waals surface area contributed by atoms with Crippen molar-refractivity contribution in [3.8, 4) is 0 Å². The Hall–Kier alpha value is -1.51. The van der Waals surface area contributed by atoms with E-state index in [2.05, 4.69) is 20.4 Å². The molecule has 0 spiro atoms. The average Bonchev–Trinajstić information content (AvgIpc) is 3.08. The van der Waals surface area contributed by atoms with Crippen LogP contribution in [-0.2, 0) is 22.5 Å². The zero-order chi connectivity index (χ0) is 16.8. The van der Waals surface area contributed by atoms with Crippen molar-refractivity contribution in [2.75, 3.05) is 45.9 Å². The van der Waals surface area contributed by atoms with Crippen LogP contribution in [0.5, 0.6) is 0 Å². The number of aromatic nitrogens is 2. The highest BCUT2D eigenvalue weighted by molar-refractivity contribution is 5.78. The zero-order valence-corrected chi connectivity index (χ0v) is 14.4. The van der Waals surface area contributed by atoms with Gasteiger partial charge in [-0.05, 0) is 19.4 Å². The summed E-state index contributed by atoms with van der Waals surface area (Å²) < 4.78 is 10.4. The summed E-state index contributed by atoms with van der Waals surface area (Å²) in [6.07, 6.45) is 2.97. The van der Waals surface area contributed by atoms with Gasteiger partial charge in [-0.25, -0.2) is 0 Å². The van der Waals surface area contributed by atoms with Crippen LogP contribution in [-0.4, -0.2) is 77.8 Å². The van der Waals surface area contributed by atoms with E-state index in [1.807, 2.05) is 11.8 Å². The topological polar surface area (TPSA) is 83.7 Å². The van der Waals surface area contributed by atoms with Gasteiger partial charge in [-0.2, -0.15) is 4.98 Å². The largest absolute Gasteiger partial charge is 0.378 e. The van der Waals surface area contributed by atoms with E-state index in [4.69, 9.17) is 9.26 Å². The van der Waals surface area contributed by atoms with Gasteiger partial charge in [-0.3, -0.25) is 9.69 Å². The van der Waals surface area contributed by atoms with E-state index >= 15 is 0 Å². The number of amides is 1. The summed E-state index contributed by atoms with van der Waals surface area (Å²) in [5.41, 5.74) is 0. The third kappa shape index (κ3) is 4.75. The van der Waals surface area contributed by atoms with Crippen molar-refractivity contribution in [1.82, 2.24) is 25.3 Å². The summed E-state index contributed by atoms with van der Waals surface area (Å²) in [6.45, 7) is 7.76. The maximum absolute atomic E-state index is 12.2. The minimum Gasteiger partial charge on any atom is -0.378 e. The van der Waals surface area contributed by atoms with Crippen LogP contribution in [0.4, 0.5) is 0 Å². The molecule has 0 aliphatic carbocycles. The number of ether oxygens (including phenoxy) is 1. The number of rotatable bonds is 6. The molecule has 0 bridgehead atoms. The van der Waals surface area contributed by atoms with Crippen molar-refractivity contribution in [3.05, 3.63) is 11.7 Å². The van der Waals surface area contributed by atoms with Crippen molar-refractivity contribution in [2.24, 2.45) is 0 Å². The van der Waals surface area contributed by atoms with Crippen molar-refractivity contribution in [3.63, 3.8) is 0 Å². The third-order valence-electron chi connectivity index (χ3n) is 4.59. The maximum Gasteiger partial charge on any atom is 0.236 e. The molecule has 1 N–H and O–H groups in total. The molecule has 2 fully saturated rings. The smallest absolute Gasteiger partial charge is 0.236 e. The van der Waals surface area contributed by atoms with Gasteiger partial charge in [0.05, 0.1) is 26.3 Å². The van der Waals surface area contributed by atoms with Crippen LogP contribution >= 0.6 is 0 Å². The monoisotopic (exact) mass is 337 g/mol. The number of piperidine rings is 1. The lowest BCUT2D eigenvalue weighted by Gasteiger charge is -2.33. The highest BCUT2D eigenvalue weighted by Gasteiger charge is 2.23. The van der Waals surface area contributed by atoms with Gasteiger partial charge < -0.3 is 19.5 Å². The molecule has 1 aromatic rings. The molecule has 2 aliphatic heterocycles. The molecule has 3 heterocycles. The fourth-order valence-corrected chi connectivity index (χ4v) is 3.22. The van der Waals surface area contributed by atoms with E-state index in [1.54, 1.807) is 0 Å². The molecule has 0 unspecified atom stereocenters. The standard InChI is InChI=1S/C16H27N5O3/c1-2-15-18-14(19-24-15)12-20-5-3-4-13(11-20)17-10-16(22)21-6-8-23-9-7-21/h13,17H,2-12H2,1H3/t13-/m1/s1. The van der Waals surface area contributed by atoms with Crippen LogP contribution < -0.4 is 5.32 Å². The van der Waals surface area contributed by atoms with E-state index in [0.29, 0.717) is 51.3 Å². The van der Waals surface area contributed by atoms with Crippen LogP contribution in [0.3, 0.4) is 0 Å². The highest BCUT2D eigenvalue weighted by Crippen LogP contribution is 2.13. The Bertz CT molecular complexity index is 530. The first-order valence-corrected chi connectivity index (χ1v) is 8.87. The lowest BCUT2D eigenvalue weighted by Crippen LogP contribution is -2.50. The summed E-state index contributed by atoms with van der Waals surface area (Å²) in [5, 5.41) is 7.43. The van der Waals surface area contributed by atoms with Crippen LogP contribution in [0.25, 0.3) is 0 Å². The molecule has 0 saturated carbocycles. The number of nitrogens with zero attached hydrogens (tertiary/aromatic N) is 4. The van der Waals surface area contributed by atoms with E-state index in [0.717, 1.165) is 38.2 Å². The minimum atomic E-state index is 0.168. The molecular weight excluding hydrogens is 310 g/mol. The van der Waals surface area contributed by atoms with Crippen molar-refractivity contribution in [1.29, 1.82) is 0 Å². The SMILES string of the molecule is CCc1nc(CN2CCC[C@@H](NCC(=O)N3CCOCC3)C2)no1. The Kier molecular flexibility index (Phi) is 6.17. The van der Waals surface area contributed by atoms with Gasteiger partial charge in [0, 0.05) is 32.1 Å². The lowest BCUT2D eigenvalue weighted by atomic mass is 10.1. The maximum atomic E-state index is 12.2. The Balaban J connectivity index is 1.42. The first-order valence-electron chi connectivity index (χ1n) is 8.87. The second-order valence-corrected chi connectivity index (χ2v) is 6.41. The van der Waals surface area contributed by atoms with E-state index < -0.39 is 0 Å². The number of carbonyl (C=O) groups is 1. The van der Waals surface area contributed by atoms with Crippen LogP contribution in [0, 0.1) is 0 Å². The van der Waals surface area contributed by atoms with E-state index in [-0.39, 0.29) is 5.91 Å². The number of morpholine rings is 1. The zero-order valence-electron chi connectivity index (χ0n) is 14.4. The van der Waals surface area contributed by atoms with Gasteiger partial charge in [0.15, 0.2) is 5.82 Å². The van der Waals surface area contributed by atoms with Crippen molar-refractivity contribution >= 4 is 5.91 Å². The molecule has 0 aromatic carbocycles. The first-order chi connectivity index (χ1) is 11.7. The molecule has 1 aromatic heterocycles. The molecule has 1 atom stereocenters. The number of likely N-dealkylation sites (tertiary alicyclic amines) is 1. The normalized spacial score (nSPS) is 22.7. The van der Waals surface area contributed by atoms with Crippen molar-refractivity contribution < 1.29 is 14.1 Å². The third-order valence-corrected chi connectivity index (χ3v) is 4.59. The number of carbonyl (C=O) groups excluding carboxylic acids is 1. The molecule has 2 saturated heterocycles. The summed E-state index contributed by atoms with van der Waals surface area (Å²) >= 11 is 0. The summed E-state index contributed by atoms with van der Waals surface area (Å²) in [5.74, 6) is 1.60. The predicted molar refractivity (Wildman–Crippen MR) is 87.4 cm³/mol. The van der Waals surface area contributed by atoms with Gasteiger partial charge in [0.25, 0.3) is 0 Å². The molecule has 1 amide bonds. The van der Waals surface area contributed by atoms with Crippen LogP contribution in [0.1, 0.15) is 31.5 Å². The number of hydrogen-bond acceptors (Lipinski definition) is 7. The molecule has 0 radical (unpaired) electrons. The highest BCUT2D eigenvalue weighted by atomic mass is 16.5. The predicted octanol–water partition coefficient (Wildman–Crippen LogP) is 0.0448. The summed E-state index contributed by atoms with van der Waals surface area (Å²) in [4.78, 5) is 20.8. The van der Waals surface area contributed by atoms with Crippen LogP contribution in [0.2, 0.25) is 0 Å². The Morgan fingerprint density at radius 2 is 2.17 bits per heavy atom. The second-order valence-electron chi connectivity index (χ2n) is 6.41. The lowest BCUT2D eigenvalue weighted by molar-refractivity contribution is -0.134. The Morgan fingerprint density at radius 1 is 1.33 bits per heavy atom. The molecule has 8 nitrogen and oxygen atoms in total. The van der Waals surface area contributed by atoms with Crippen LogP contribution in [0.15, 0.2) is 4.52 Å². The second kappa shape index (κ2) is 8.55. The van der Waals surface area contributed by atoms with Gasteiger partial charge in [-0.1, -0.05) is 12.1 Å². The van der Waals surface area contributed by atoms with Crippen molar-refractivity contribution in [2.45, 2.75) is 38.8 Å². The number of hydrogen-bond donors (Lipinski definition) is 1. The van der Waals surface area contributed by atoms with E-state index in [9.17, 15) is 4.79 Å². The molecule has 3 rings (SSSR count). The number of nitrogens with one attached hydrogen (secondary N) is 1. The molecule has 8 heteroatoms. The van der Waals surface area contributed by atoms with E-state index in [1.165, 1.54) is 0 Å². The number of aryl methyl sites for hydroxylation is 1. The average molecular weight is 337 g/mol. The fraction of sp³-hybridized carbons (Fsp3) is 0.812. The Labute approximate surface area is 142 Å². The summed E-state index contributed by atoms with van der Waals surface area (Å²) in [6, 6.07) is 0.335. The minimum absolute atomic E-state index is 0.168. The fourth-order valence-electron chi connectivity index (χ4n) is 3.22. The van der Waals surface area contributed by atoms with Gasteiger partial charge in [0.2, 0.25) is 11.8 Å². The molecular formula is C16H27N5O3. The Morgan fingerprint density at radius 3 is 2.92 bits per heavy atom. The first kappa shape index (κ1) is 17.3. The van der Waals surface area contributed by atoms with Gasteiger partial charge in [-0.15, -0.1) is 0 Å². The van der Waals surface area contributed by atoms with Gasteiger partial charge in [0.1, 0.15) is 0 Å². The summed E-state index contributed by atoms with van der Waals surface area (Å²) in [7, 11) is 0. The molecule has 24 heavy (non-hydrogen) atoms.